The number of ketones is 2. The first-order valence-electron chi connectivity index (χ1n) is 13.3. The molecule has 8 atom stereocenters. The molecule has 3 saturated carbocycles. The Kier molecular flexibility index (Phi) is 8.22. The zero-order valence-electron chi connectivity index (χ0n) is 24.5. The number of alkyl halides is 1. The Morgan fingerprint density at radius 3 is 2.49 bits per heavy atom. The molecule has 3 fully saturated rings. The summed E-state index contributed by atoms with van der Waals surface area (Å²) in [5.74, 6) is -4.37. The van der Waals surface area contributed by atoms with E-state index in [-0.39, 0.29) is 56.0 Å². The molecular weight excluding hydrogens is 566 g/mol. The van der Waals surface area contributed by atoms with Crippen LogP contribution < -0.4 is 29.6 Å². The Balaban J connectivity index is 0.00000242. The predicted octanol–water partition coefficient (Wildman–Crippen LogP) is 0.124. The number of Topliss-reactive ketones (excluding diaryl/α,β-unsaturated/α-hetero) is 1. The summed E-state index contributed by atoms with van der Waals surface area (Å²) in [6.07, 6.45) is 3.24. The fourth-order valence-electron chi connectivity index (χ4n) is 8.58. The van der Waals surface area contributed by atoms with E-state index < -0.39 is 84.9 Å². The van der Waals surface area contributed by atoms with Crippen LogP contribution in [0.2, 0.25) is 0 Å². The first kappa shape index (κ1) is 32.2. The van der Waals surface area contributed by atoms with E-state index in [1.54, 1.807) is 20.8 Å². The summed E-state index contributed by atoms with van der Waals surface area (Å²) in [4.78, 5) is 38.5. The Hall–Kier alpha value is -1.73. The molecule has 5 rings (SSSR count). The number of aliphatic hydroxyl groups excluding tert-OH is 2. The van der Waals surface area contributed by atoms with E-state index >= 15 is 4.39 Å². The van der Waals surface area contributed by atoms with Gasteiger partial charge in [-0.3, -0.25) is 14.1 Å². The largest absolute Gasteiger partial charge is 1.00 e. The second kappa shape index (κ2) is 10.5. The standard InChI is InChI=1S/C29H33FO9S.Na.H/c1-16-12-21-20-9-8-17-13-18(32)10-11-26(17,2)28(20,30)23(33)14-27(21,3)29(16,24(34)15-31)39-25(35)19-6-4-5-7-22(19)40(36,37)38;;/h4-7,10-11,13,16,20-21,23,31,33H,8-9,12,14-15H2,1-3H3,(H,36,37,38);;/q;+1;-1/t16-,20+,21+,23+,26+,27+,28+,29+;;/m1../s1. The topological polar surface area (TPSA) is 155 Å². The molecule has 0 aromatic heterocycles. The molecule has 0 heterocycles. The summed E-state index contributed by atoms with van der Waals surface area (Å²) in [6, 6.07) is 4.83. The van der Waals surface area contributed by atoms with Gasteiger partial charge in [0.05, 0.1) is 11.7 Å². The van der Waals surface area contributed by atoms with Crippen LogP contribution in [0.3, 0.4) is 0 Å². The fraction of sp³-hybridized carbons (Fsp3) is 0.552. The molecule has 0 unspecified atom stereocenters. The summed E-state index contributed by atoms with van der Waals surface area (Å²) < 4.78 is 57.0. The van der Waals surface area contributed by atoms with Crippen LogP contribution in [-0.2, 0) is 24.4 Å². The third kappa shape index (κ3) is 4.29. The molecule has 4 aliphatic carbocycles. The van der Waals surface area contributed by atoms with Gasteiger partial charge in [-0.25, -0.2) is 9.18 Å². The van der Waals surface area contributed by atoms with Gasteiger partial charge in [-0.05, 0) is 62.8 Å². The Morgan fingerprint density at radius 1 is 1.20 bits per heavy atom. The van der Waals surface area contributed by atoms with Crippen molar-refractivity contribution in [3.63, 3.8) is 0 Å². The van der Waals surface area contributed by atoms with Crippen LogP contribution in [0.1, 0.15) is 58.2 Å². The van der Waals surface area contributed by atoms with Gasteiger partial charge in [0.1, 0.15) is 11.5 Å². The third-order valence-corrected chi connectivity index (χ3v) is 11.3. The van der Waals surface area contributed by atoms with Crippen LogP contribution in [-0.4, -0.2) is 64.7 Å². The second-order valence-electron chi connectivity index (χ2n) is 12.1. The molecule has 4 aliphatic rings. The minimum Gasteiger partial charge on any atom is -1.00 e. The number of carbonyl (C=O) groups is 3. The summed E-state index contributed by atoms with van der Waals surface area (Å²) in [5.41, 5.74) is -6.70. The number of carbonyl (C=O) groups excluding carboxylic acids is 3. The van der Waals surface area contributed by atoms with Crippen LogP contribution in [0.25, 0.3) is 0 Å². The second-order valence-corrected chi connectivity index (χ2v) is 13.5. The van der Waals surface area contributed by atoms with Crippen molar-refractivity contribution in [2.75, 3.05) is 6.61 Å². The predicted molar refractivity (Wildman–Crippen MR) is 141 cm³/mol. The molecule has 0 aliphatic heterocycles. The molecule has 218 valence electrons. The summed E-state index contributed by atoms with van der Waals surface area (Å²) in [5, 5.41) is 21.6. The number of fused-ring (bicyclic) bond motifs is 5. The van der Waals surface area contributed by atoms with Crippen LogP contribution in [0.4, 0.5) is 4.39 Å². The number of aliphatic hydroxyl groups is 2. The van der Waals surface area contributed by atoms with Gasteiger partial charge in [0, 0.05) is 22.7 Å². The van der Waals surface area contributed by atoms with E-state index in [1.807, 2.05) is 0 Å². The van der Waals surface area contributed by atoms with Gasteiger partial charge in [-0.2, -0.15) is 8.42 Å². The smallest absolute Gasteiger partial charge is 1.00 e. The van der Waals surface area contributed by atoms with Gasteiger partial charge < -0.3 is 16.4 Å². The monoisotopic (exact) mass is 600 g/mol. The molecule has 0 radical (unpaired) electrons. The van der Waals surface area contributed by atoms with Gasteiger partial charge in [-0.15, -0.1) is 0 Å². The van der Waals surface area contributed by atoms with Crippen LogP contribution in [0.15, 0.2) is 53.0 Å². The third-order valence-electron chi connectivity index (χ3n) is 10.4. The number of ether oxygens (including phenoxy) is 1. The van der Waals surface area contributed by atoms with Gasteiger partial charge in [0.2, 0.25) is 5.78 Å². The molecule has 0 saturated heterocycles. The molecular formula is C29H34FNaO9S. The van der Waals surface area contributed by atoms with Crippen molar-refractivity contribution in [3.05, 3.63) is 53.6 Å². The number of rotatable bonds is 5. The van der Waals surface area contributed by atoms with E-state index in [2.05, 4.69) is 0 Å². The normalized spacial score (nSPS) is 39.5. The van der Waals surface area contributed by atoms with E-state index in [9.17, 15) is 37.6 Å². The molecule has 12 heteroatoms. The zero-order chi connectivity index (χ0) is 29.5. The molecule has 1 aromatic rings. The van der Waals surface area contributed by atoms with Crippen molar-refractivity contribution in [3.8, 4) is 0 Å². The van der Waals surface area contributed by atoms with Crippen molar-refractivity contribution < 1.29 is 77.7 Å². The number of halogens is 1. The van der Waals surface area contributed by atoms with E-state index in [0.717, 1.165) is 12.1 Å². The molecule has 3 N–H and O–H groups in total. The van der Waals surface area contributed by atoms with Crippen LogP contribution >= 0.6 is 0 Å². The molecule has 9 nitrogen and oxygen atoms in total. The molecule has 0 bridgehead atoms. The van der Waals surface area contributed by atoms with Gasteiger partial charge in [0.15, 0.2) is 17.1 Å². The maximum absolute atomic E-state index is 17.5. The maximum Gasteiger partial charge on any atom is 1.00 e. The maximum atomic E-state index is 17.5. The van der Waals surface area contributed by atoms with Crippen LogP contribution in [0.5, 0.6) is 0 Å². The first-order chi connectivity index (χ1) is 18.6. The minimum absolute atomic E-state index is 0. The summed E-state index contributed by atoms with van der Waals surface area (Å²) >= 11 is 0. The fourth-order valence-corrected chi connectivity index (χ4v) is 9.26. The first-order valence-corrected chi connectivity index (χ1v) is 14.8. The number of allylic oxidation sites excluding steroid dienone is 4. The van der Waals surface area contributed by atoms with E-state index in [4.69, 9.17) is 4.74 Å². The zero-order valence-corrected chi connectivity index (χ0v) is 26.3. The van der Waals surface area contributed by atoms with Crippen molar-refractivity contribution in [1.29, 1.82) is 0 Å². The molecule has 41 heavy (non-hydrogen) atoms. The van der Waals surface area contributed by atoms with E-state index in [0.29, 0.717) is 12.0 Å². The Bertz CT molecular complexity index is 1480. The average Bonchev–Trinajstić information content (AvgIpc) is 3.11. The van der Waals surface area contributed by atoms with Gasteiger partial charge in [0.25, 0.3) is 10.1 Å². The Labute approximate surface area is 261 Å². The summed E-state index contributed by atoms with van der Waals surface area (Å²) in [6.45, 7) is 3.96. The van der Waals surface area contributed by atoms with Gasteiger partial charge >= 0.3 is 35.5 Å². The minimum atomic E-state index is -4.83. The number of hydrogen-bond donors (Lipinski definition) is 3. The summed E-state index contributed by atoms with van der Waals surface area (Å²) in [7, 11) is -4.83. The number of benzene rings is 1. The van der Waals surface area contributed by atoms with Crippen molar-refractivity contribution in [2.24, 2.45) is 28.6 Å². The number of hydrogen-bond acceptors (Lipinski definition) is 8. The molecule has 1 aromatic carbocycles. The Morgan fingerprint density at radius 2 is 1.85 bits per heavy atom. The van der Waals surface area contributed by atoms with Crippen molar-refractivity contribution in [1.82, 2.24) is 0 Å². The molecule has 0 amide bonds. The van der Waals surface area contributed by atoms with Crippen molar-refractivity contribution >= 4 is 27.7 Å². The quantitative estimate of drug-likeness (QED) is 0.243. The van der Waals surface area contributed by atoms with Crippen LogP contribution in [0, 0.1) is 28.6 Å². The van der Waals surface area contributed by atoms with Crippen molar-refractivity contribution in [2.45, 2.75) is 68.7 Å². The SMILES string of the molecule is C[C@@H]1C[C@H]2[C@@H]3CCC4=CC(=O)C=C[C@]4(C)[C@@]3(F)[C@@H](O)C[C@]2(C)[C@@]1(OC(=O)c1ccccc1S(=O)(=O)O)C(=O)CO.[H-].[Na+]. The van der Waals surface area contributed by atoms with E-state index in [1.165, 1.54) is 30.4 Å². The number of esters is 1. The molecule has 0 spiro atoms. The average molecular weight is 601 g/mol. The van der Waals surface area contributed by atoms with Gasteiger partial charge in [-0.1, -0.05) is 37.6 Å².